The molecule has 1 N–H and O–H groups in total. The molecule has 1 fully saturated rings. The van der Waals surface area contributed by atoms with Gasteiger partial charge in [0.25, 0.3) is 5.91 Å². The molecule has 2 heterocycles. The zero-order valence-electron chi connectivity index (χ0n) is 17.5. The average Bonchev–Trinajstić information content (AvgIpc) is 3.23. The van der Waals surface area contributed by atoms with E-state index in [2.05, 4.69) is 27.2 Å². The first-order chi connectivity index (χ1) is 14.2. The van der Waals surface area contributed by atoms with Crippen LogP contribution in [0.25, 0.3) is 0 Å². The summed E-state index contributed by atoms with van der Waals surface area (Å²) in [5.74, 6) is 2.14. The van der Waals surface area contributed by atoms with Crippen LogP contribution in [0.15, 0.2) is 42.5 Å². The maximum atomic E-state index is 12.3. The number of methoxy groups -OCH3 is 1. The van der Waals surface area contributed by atoms with Crippen molar-refractivity contribution in [3.63, 3.8) is 0 Å². The Morgan fingerprint density at radius 3 is 2.52 bits per heavy atom. The van der Waals surface area contributed by atoms with Crippen LogP contribution < -0.4 is 19.5 Å². The third-order valence-electron chi connectivity index (χ3n) is 5.35. The highest BCUT2D eigenvalue weighted by Crippen LogP contribution is 2.32. The third kappa shape index (κ3) is 6.64. The lowest BCUT2D eigenvalue weighted by atomic mass is 10.2. The van der Waals surface area contributed by atoms with Crippen molar-refractivity contribution in [1.29, 1.82) is 0 Å². The summed E-state index contributed by atoms with van der Waals surface area (Å²) in [5.41, 5.74) is 1.87. The number of nitrogens with one attached hydrogen (secondary N) is 1. The molecule has 7 nitrogen and oxygen atoms in total. The maximum Gasteiger partial charge on any atom is 0.251 e. The van der Waals surface area contributed by atoms with Crippen LogP contribution >= 0.6 is 24.8 Å². The number of amides is 1. The molecule has 1 amide bonds. The van der Waals surface area contributed by atoms with Crippen molar-refractivity contribution < 1.29 is 19.0 Å². The van der Waals surface area contributed by atoms with Crippen LogP contribution in [0.4, 0.5) is 0 Å². The van der Waals surface area contributed by atoms with E-state index in [1.807, 2.05) is 12.1 Å². The fourth-order valence-electron chi connectivity index (χ4n) is 3.67. The first-order valence-corrected chi connectivity index (χ1v) is 9.97. The van der Waals surface area contributed by atoms with Gasteiger partial charge in [0.2, 0.25) is 6.79 Å². The third-order valence-corrected chi connectivity index (χ3v) is 5.35. The molecule has 2 aromatic rings. The van der Waals surface area contributed by atoms with Crippen molar-refractivity contribution >= 4 is 30.7 Å². The second kappa shape index (κ2) is 12.0. The summed E-state index contributed by atoms with van der Waals surface area (Å²) in [6.07, 6.45) is 0. The number of nitrogens with zero attached hydrogens (tertiary/aromatic N) is 2. The van der Waals surface area contributed by atoms with Crippen LogP contribution in [-0.2, 0) is 6.54 Å². The molecule has 0 radical (unpaired) electrons. The molecule has 2 aliphatic rings. The lowest BCUT2D eigenvalue weighted by molar-refractivity contribution is 0.0933. The molecule has 170 valence electrons. The van der Waals surface area contributed by atoms with Gasteiger partial charge in [-0.1, -0.05) is 12.1 Å². The van der Waals surface area contributed by atoms with E-state index in [4.69, 9.17) is 14.2 Å². The van der Waals surface area contributed by atoms with Crippen LogP contribution in [0.1, 0.15) is 15.9 Å². The number of carbonyl (C=O) groups is 1. The van der Waals surface area contributed by atoms with Gasteiger partial charge in [-0.2, -0.15) is 0 Å². The molecule has 0 spiro atoms. The zero-order valence-corrected chi connectivity index (χ0v) is 19.2. The van der Waals surface area contributed by atoms with Gasteiger partial charge in [0.15, 0.2) is 11.5 Å². The van der Waals surface area contributed by atoms with Gasteiger partial charge in [-0.05, 0) is 35.9 Å². The molecular formula is C22H29Cl2N3O4. The predicted octanol–water partition coefficient (Wildman–Crippen LogP) is 2.82. The molecule has 0 unspecified atom stereocenters. The van der Waals surface area contributed by atoms with Crippen LogP contribution in [0, 0.1) is 0 Å². The molecule has 31 heavy (non-hydrogen) atoms. The Morgan fingerprint density at radius 2 is 1.74 bits per heavy atom. The molecule has 2 aromatic carbocycles. The van der Waals surface area contributed by atoms with Crippen molar-refractivity contribution in [1.82, 2.24) is 15.1 Å². The molecule has 0 saturated carbocycles. The fourth-order valence-corrected chi connectivity index (χ4v) is 3.67. The van der Waals surface area contributed by atoms with E-state index in [0.717, 1.165) is 45.0 Å². The number of fused-ring (bicyclic) bond motifs is 1. The highest BCUT2D eigenvalue weighted by Gasteiger charge is 2.18. The highest BCUT2D eigenvalue weighted by atomic mass is 35.5. The Kier molecular flexibility index (Phi) is 9.71. The number of hydrogen-bond donors (Lipinski definition) is 1. The van der Waals surface area contributed by atoms with Crippen molar-refractivity contribution in [2.24, 2.45) is 0 Å². The molecule has 0 aromatic heterocycles. The number of ether oxygens (including phenoxy) is 3. The molecule has 2 aliphatic heterocycles. The molecule has 0 bridgehead atoms. The minimum absolute atomic E-state index is 0. The lowest BCUT2D eigenvalue weighted by Gasteiger charge is -2.34. The van der Waals surface area contributed by atoms with Crippen LogP contribution in [0.2, 0.25) is 0 Å². The van der Waals surface area contributed by atoms with Crippen molar-refractivity contribution in [3.05, 3.63) is 53.6 Å². The predicted molar refractivity (Wildman–Crippen MR) is 124 cm³/mol. The molecule has 1 saturated heterocycles. The topological polar surface area (TPSA) is 63.3 Å². The number of halogens is 2. The Bertz CT molecular complexity index is 860. The van der Waals surface area contributed by atoms with E-state index >= 15 is 0 Å². The summed E-state index contributed by atoms with van der Waals surface area (Å²) >= 11 is 0. The van der Waals surface area contributed by atoms with Gasteiger partial charge in [0, 0.05) is 51.4 Å². The summed E-state index contributed by atoms with van der Waals surface area (Å²) in [5, 5.41) is 3.00. The van der Waals surface area contributed by atoms with Gasteiger partial charge in [0.1, 0.15) is 5.75 Å². The Morgan fingerprint density at radius 1 is 1.00 bits per heavy atom. The van der Waals surface area contributed by atoms with E-state index in [1.54, 1.807) is 25.3 Å². The number of piperazine rings is 1. The SMILES string of the molecule is COc1cccc(CN2CCN(CCNC(=O)c3ccc4c(c3)OCO4)CC2)c1.Cl.Cl. The van der Waals surface area contributed by atoms with Gasteiger partial charge in [-0.15, -0.1) is 24.8 Å². The largest absolute Gasteiger partial charge is 0.497 e. The summed E-state index contributed by atoms with van der Waals surface area (Å²) < 4.78 is 15.9. The van der Waals surface area contributed by atoms with E-state index in [0.29, 0.717) is 23.6 Å². The van der Waals surface area contributed by atoms with Crippen LogP contribution in [-0.4, -0.2) is 68.9 Å². The number of benzene rings is 2. The lowest BCUT2D eigenvalue weighted by Crippen LogP contribution is -2.48. The molecule has 4 rings (SSSR count). The molecule has 0 atom stereocenters. The molecule has 0 aliphatic carbocycles. The number of rotatable bonds is 7. The van der Waals surface area contributed by atoms with Crippen molar-refractivity contribution in [2.45, 2.75) is 6.54 Å². The minimum atomic E-state index is -0.0834. The van der Waals surface area contributed by atoms with E-state index in [-0.39, 0.29) is 37.5 Å². The quantitative estimate of drug-likeness (QED) is 0.672. The monoisotopic (exact) mass is 469 g/mol. The summed E-state index contributed by atoms with van der Waals surface area (Å²) in [4.78, 5) is 17.2. The zero-order chi connectivity index (χ0) is 20.1. The minimum Gasteiger partial charge on any atom is -0.497 e. The normalized spacial score (nSPS) is 15.5. The maximum absolute atomic E-state index is 12.3. The first kappa shape index (κ1) is 25.1. The Balaban J connectivity index is 0.00000171. The average molecular weight is 470 g/mol. The summed E-state index contributed by atoms with van der Waals surface area (Å²) in [7, 11) is 1.70. The van der Waals surface area contributed by atoms with E-state index < -0.39 is 0 Å². The van der Waals surface area contributed by atoms with Gasteiger partial charge in [-0.25, -0.2) is 0 Å². The Hall–Kier alpha value is -2.19. The van der Waals surface area contributed by atoms with Crippen molar-refractivity contribution in [3.8, 4) is 17.2 Å². The molecular weight excluding hydrogens is 441 g/mol. The first-order valence-electron chi connectivity index (χ1n) is 9.97. The number of carbonyl (C=O) groups excluding carboxylic acids is 1. The van der Waals surface area contributed by atoms with Gasteiger partial charge in [-0.3, -0.25) is 14.6 Å². The van der Waals surface area contributed by atoms with Gasteiger partial charge in [0.05, 0.1) is 7.11 Å². The smallest absolute Gasteiger partial charge is 0.251 e. The van der Waals surface area contributed by atoms with Gasteiger partial charge >= 0.3 is 0 Å². The fraction of sp³-hybridized carbons (Fsp3) is 0.409. The van der Waals surface area contributed by atoms with Gasteiger partial charge < -0.3 is 19.5 Å². The van der Waals surface area contributed by atoms with Crippen LogP contribution in [0.3, 0.4) is 0 Å². The van der Waals surface area contributed by atoms with Crippen molar-refractivity contribution in [2.75, 3.05) is 53.2 Å². The second-order valence-corrected chi connectivity index (χ2v) is 7.29. The number of hydrogen-bond acceptors (Lipinski definition) is 6. The van der Waals surface area contributed by atoms with E-state index in [1.165, 1.54) is 5.56 Å². The second-order valence-electron chi connectivity index (χ2n) is 7.29. The highest BCUT2D eigenvalue weighted by molar-refractivity contribution is 5.94. The summed E-state index contributed by atoms with van der Waals surface area (Å²) in [6.45, 7) is 6.68. The standard InChI is InChI=1S/C22H27N3O4.2ClH/c1-27-19-4-2-3-17(13-19)15-25-11-9-24(10-12-25)8-7-23-22(26)18-5-6-20-21(14-18)29-16-28-20;;/h2-6,13-14H,7-12,15-16H2,1H3,(H,23,26);2*1H. The van der Waals surface area contributed by atoms with Crippen LogP contribution in [0.5, 0.6) is 17.2 Å². The molecule has 9 heteroatoms. The summed E-state index contributed by atoms with van der Waals surface area (Å²) in [6, 6.07) is 13.5. The van der Waals surface area contributed by atoms with E-state index in [9.17, 15) is 4.79 Å². The Labute approximate surface area is 195 Å².